The number of furan rings is 1. The van der Waals surface area contributed by atoms with Gasteiger partial charge >= 0.3 is 0 Å². The third-order valence-electron chi connectivity index (χ3n) is 7.07. The minimum absolute atomic E-state index is 0.0641. The maximum absolute atomic E-state index is 13.1. The molecule has 222 valence electrons. The molecule has 3 aromatic rings. The summed E-state index contributed by atoms with van der Waals surface area (Å²) in [6.45, 7) is 14.9. The number of nitrogens with zero attached hydrogens (tertiary/aromatic N) is 4. The lowest BCUT2D eigenvalue weighted by molar-refractivity contribution is 0.0990. The molecule has 0 aliphatic carbocycles. The van der Waals surface area contributed by atoms with Gasteiger partial charge in [0.1, 0.15) is 5.75 Å². The van der Waals surface area contributed by atoms with E-state index in [0.29, 0.717) is 18.2 Å². The summed E-state index contributed by atoms with van der Waals surface area (Å²) < 4.78 is 22.7. The predicted octanol–water partition coefficient (Wildman–Crippen LogP) is 4.03. The number of benzene rings is 1. The highest BCUT2D eigenvalue weighted by atomic mass is 28.3. The summed E-state index contributed by atoms with van der Waals surface area (Å²) in [5, 5.41) is 7.27. The smallest absolute Gasteiger partial charge is 0.291 e. The van der Waals surface area contributed by atoms with Crippen LogP contribution in [0.1, 0.15) is 22.5 Å². The maximum Gasteiger partial charge on any atom is 0.291 e. The number of aryl methyl sites for hydroxylation is 1. The first kappa shape index (κ1) is 30.3. The number of nitrogens with one attached hydrogen (secondary N) is 2. The number of aromatic nitrogens is 2. The summed E-state index contributed by atoms with van der Waals surface area (Å²) in [4.78, 5) is 26.7. The first-order valence-electron chi connectivity index (χ1n) is 13.9. The van der Waals surface area contributed by atoms with Crippen molar-refractivity contribution in [2.75, 3.05) is 71.2 Å². The van der Waals surface area contributed by atoms with Gasteiger partial charge in [-0.3, -0.25) is 4.79 Å². The zero-order valence-electron chi connectivity index (χ0n) is 25.2. The lowest BCUT2D eigenvalue weighted by Gasteiger charge is -2.32. The lowest BCUT2D eigenvalue weighted by atomic mass is 10.2. The molecule has 3 heterocycles. The van der Waals surface area contributed by atoms with Gasteiger partial charge in [-0.1, -0.05) is 37.0 Å². The monoisotopic (exact) mass is 582 g/mol. The van der Waals surface area contributed by atoms with E-state index in [0.717, 1.165) is 44.7 Å². The average molecular weight is 583 g/mol. The Labute approximate surface area is 243 Å². The van der Waals surface area contributed by atoms with Crippen LogP contribution in [0.4, 0.5) is 11.6 Å². The van der Waals surface area contributed by atoms with Crippen LogP contribution in [0.2, 0.25) is 19.6 Å². The predicted molar refractivity (Wildman–Crippen MR) is 163 cm³/mol. The van der Waals surface area contributed by atoms with Gasteiger partial charge in [-0.05, 0) is 44.6 Å². The molecule has 0 radical (unpaired) electrons. The third kappa shape index (κ3) is 7.99. The van der Waals surface area contributed by atoms with E-state index in [1.165, 1.54) is 19.4 Å². The van der Waals surface area contributed by atoms with E-state index in [9.17, 15) is 4.79 Å². The van der Waals surface area contributed by atoms with Crippen molar-refractivity contribution in [3.8, 4) is 23.5 Å². The second-order valence-corrected chi connectivity index (χ2v) is 16.3. The van der Waals surface area contributed by atoms with E-state index in [-0.39, 0.29) is 29.2 Å². The Morgan fingerprint density at radius 2 is 1.71 bits per heavy atom. The fourth-order valence-corrected chi connectivity index (χ4v) is 5.58. The number of methoxy groups -OCH3 is 2. The lowest BCUT2D eigenvalue weighted by Crippen LogP contribution is -2.44. The number of likely N-dealkylation sites (N-methyl/N-ethyl adjacent to an activating group) is 1. The van der Waals surface area contributed by atoms with Crippen LogP contribution in [-0.2, 0) is 0 Å². The molecule has 12 heteroatoms. The molecule has 0 spiro atoms. The van der Waals surface area contributed by atoms with E-state index in [2.05, 4.69) is 69.2 Å². The zero-order chi connectivity index (χ0) is 29.6. The number of hydrogen-bond acceptors (Lipinski definition) is 10. The fraction of sp³-hybridized carbons (Fsp3) is 0.483. The average Bonchev–Trinajstić information content (AvgIpc) is 3.41. The number of anilines is 2. The first-order chi connectivity index (χ1) is 19.6. The second-order valence-electron chi connectivity index (χ2n) is 11.3. The van der Waals surface area contributed by atoms with Crippen molar-refractivity contribution in [2.24, 2.45) is 0 Å². The molecule has 1 fully saturated rings. The number of ether oxygens (including phenoxy) is 3. The van der Waals surface area contributed by atoms with E-state index >= 15 is 0 Å². The molecule has 1 aliphatic heterocycles. The standard InChI is InChI=1S/C29H42N6O5Si/c1-20-9-10-21(41(5,6)7)19-23(20)40-24-12-11-22(39-24)26(36)31-25-27(37-3)32-29(33-28(25)38-4)30-13-8-14-35-17-15-34(2)16-18-35/h9-12,19H,8,13-18H2,1-7H3,(H,31,36)(H,30,32,33). The summed E-state index contributed by atoms with van der Waals surface area (Å²) in [5.41, 5.74) is 1.19. The highest BCUT2D eigenvalue weighted by Crippen LogP contribution is 2.33. The molecule has 1 aliphatic rings. The van der Waals surface area contributed by atoms with Gasteiger partial charge in [0.05, 0.1) is 22.3 Å². The van der Waals surface area contributed by atoms with E-state index in [1.54, 1.807) is 12.1 Å². The number of carbonyl (C=O) groups is 1. The van der Waals surface area contributed by atoms with Crippen LogP contribution in [0.3, 0.4) is 0 Å². The number of amides is 1. The van der Waals surface area contributed by atoms with Gasteiger partial charge in [-0.15, -0.1) is 0 Å². The molecule has 0 saturated carbocycles. The van der Waals surface area contributed by atoms with Crippen LogP contribution in [-0.4, -0.2) is 94.3 Å². The quantitative estimate of drug-likeness (QED) is 0.240. The molecule has 2 N–H and O–H groups in total. The normalized spacial score (nSPS) is 14.5. The van der Waals surface area contributed by atoms with Crippen LogP contribution >= 0.6 is 0 Å². The molecule has 1 saturated heterocycles. The van der Waals surface area contributed by atoms with Crippen molar-refractivity contribution < 1.29 is 23.4 Å². The zero-order valence-corrected chi connectivity index (χ0v) is 26.2. The molecule has 0 atom stereocenters. The Hall–Kier alpha value is -3.61. The molecule has 0 unspecified atom stereocenters. The summed E-state index contributed by atoms with van der Waals surface area (Å²) in [6, 6.07) is 9.42. The van der Waals surface area contributed by atoms with Gasteiger partial charge in [-0.2, -0.15) is 9.97 Å². The number of rotatable bonds is 12. The van der Waals surface area contributed by atoms with E-state index in [1.807, 2.05) is 13.0 Å². The Morgan fingerprint density at radius 3 is 2.34 bits per heavy atom. The van der Waals surface area contributed by atoms with Crippen molar-refractivity contribution in [1.29, 1.82) is 0 Å². The summed E-state index contributed by atoms with van der Waals surface area (Å²) in [7, 11) is 3.58. The van der Waals surface area contributed by atoms with Crippen molar-refractivity contribution >= 4 is 30.8 Å². The van der Waals surface area contributed by atoms with Gasteiger partial charge in [0.15, 0.2) is 11.4 Å². The minimum Gasteiger partial charge on any atom is -0.479 e. The molecule has 1 amide bonds. The van der Waals surface area contributed by atoms with Gasteiger partial charge in [0.2, 0.25) is 17.7 Å². The highest BCUT2D eigenvalue weighted by Gasteiger charge is 2.23. The van der Waals surface area contributed by atoms with Gasteiger partial charge in [0.25, 0.3) is 11.9 Å². The van der Waals surface area contributed by atoms with Crippen molar-refractivity contribution in [3.05, 3.63) is 41.7 Å². The van der Waals surface area contributed by atoms with E-state index in [4.69, 9.17) is 18.6 Å². The van der Waals surface area contributed by atoms with Crippen LogP contribution in [0.25, 0.3) is 0 Å². The molecule has 2 aromatic heterocycles. The Morgan fingerprint density at radius 1 is 1.02 bits per heavy atom. The highest BCUT2D eigenvalue weighted by molar-refractivity contribution is 6.88. The summed E-state index contributed by atoms with van der Waals surface area (Å²) in [6.07, 6.45) is 0.945. The summed E-state index contributed by atoms with van der Waals surface area (Å²) >= 11 is 0. The van der Waals surface area contributed by atoms with Gasteiger partial charge in [0, 0.05) is 38.8 Å². The number of piperazine rings is 1. The van der Waals surface area contributed by atoms with Crippen molar-refractivity contribution in [3.63, 3.8) is 0 Å². The van der Waals surface area contributed by atoms with E-state index < -0.39 is 14.0 Å². The van der Waals surface area contributed by atoms with Gasteiger partial charge in [-0.25, -0.2) is 0 Å². The Bertz CT molecular complexity index is 1310. The molecular weight excluding hydrogens is 540 g/mol. The number of carbonyl (C=O) groups excluding carboxylic acids is 1. The van der Waals surface area contributed by atoms with Crippen molar-refractivity contribution in [1.82, 2.24) is 19.8 Å². The Balaban J connectivity index is 1.39. The maximum atomic E-state index is 13.1. The molecule has 41 heavy (non-hydrogen) atoms. The van der Waals surface area contributed by atoms with Crippen LogP contribution in [0.15, 0.2) is 34.7 Å². The largest absolute Gasteiger partial charge is 0.479 e. The first-order valence-corrected chi connectivity index (χ1v) is 17.4. The van der Waals surface area contributed by atoms with Crippen LogP contribution in [0, 0.1) is 6.92 Å². The summed E-state index contributed by atoms with van der Waals surface area (Å²) in [5.74, 6) is 1.18. The molecule has 1 aromatic carbocycles. The van der Waals surface area contributed by atoms with Crippen LogP contribution < -0.4 is 30.0 Å². The second kappa shape index (κ2) is 13.4. The van der Waals surface area contributed by atoms with Crippen LogP contribution in [0.5, 0.6) is 23.5 Å². The minimum atomic E-state index is -1.52. The molecular formula is C29H42N6O5Si. The topological polar surface area (TPSA) is 114 Å². The van der Waals surface area contributed by atoms with Gasteiger partial charge < -0.3 is 39.1 Å². The molecule has 4 rings (SSSR count). The molecule has 11 nitrogen and oxygen atoms in total. The number of hydrogen-bond donors (Lipinski definition) is 2. The fourth-order valence-electron chi connectivity index (χ4n) is 4.43. The Kier molecular flexibility index (Phi) is 9.89. The molecule has 0 bridgehead atoms. The third-order valence-corrected chi connectivity index (χ3v) is 9.11. The SMILES string of the molecule is COc1nc(NCCCN2CCN(C)CC2)nc(OC)c1NC(=O)c1ccc(Oc2cc([Si](C)(C)C)ccc2C)o1. The van der Waals surface area contributed by atoms with Crippen molar-refractivity contribution in [2.45, 2.75) is 33.0 Å².